The van der Waals surface area contributed by atoms with Gasteiger partial charge in [-0.2, -0.15) is 0 Å². The van der Waals surface area contributed by atoms with Crippen molar-refractivity contribution in [2.75, 3.05) is 54.8 Å². The molecule has 3 unspecified atom stereocenters. The van der Waals surface area contributed by atoms with Crippen molar-refractivity contribution < 1.29 is 38.1 Å². The Morgan fingerprint density at radius 3 is 2.39 bits per heavy atom. The van der Waals surface area contributed by atoms with E-state index in [2.05, 4.69) is 36.7 Å². The molecule has 46 heavy (non-hydrogen) atoms. The zero-order valence-electron chi connectivity index (χ0n) is 27.4. The van der Waals surface area contributed by atoms with Gasteiger partial charge in [0, 0.05) is 37.0 Å². The van der Waals surface area contributed by atoms with Gasteiger partial charge < -0.3 is 34.9 Å². The van der Waals surface area contributed by atoms with Crippen molar-refractivity contribution in [3.8, 4) is 5.75 Å². The largest absolute Gasteiger partial charge is 0.494 e. The van der Waals surface area contributed by atoms with Crippen LogP contribution in [0.5, 0.6) is 5.75 Å². The monoisotopic (exact) mass is 642 g/mol. The fraction of sp³-hybridized carbons (Fsp3) is 0.559. The summed E-state index contributed by atoms with van der Waals surface area (Å²) >= 11 is 0. The van der Waals surface area contributed by atoms with Crippen LogP contribution in [0.15, 0.2) is 30.3 Å². The number of carboxylic acids is 1. The first kappa shape index (κ1) is 34.8. The lowest BCUT2D eigenvalue weighted by molar-refractivity contribution is -0.142. The van der Waals surface area contributed by atoms with Crippen LogP contribution in [0.3, 0.4) is 0 Å². The van der Waals surface area contributed by atoms with Crippen molar-refractivity contribution in [1.29, 1.82) is 0 Å². The number of nitrogens with one attached hydrogen (secondary N) is 3. The van der Waals surface area contributed by atoms with E-state index in [1.807, 2.05) is 4.90 Å². The molecule has 1 saturated heterocycles. The zero-order valence-corrected chi connectivity index (χ0v) is 27.4. The maximum atomic E-state index is 15.4. The van der Waals surface area contributed by atoms with E-state index in [4.69, 9.17) is 14.2 Å². The normalized spacial score (nSPS) is 20.2. The Balaban J connectivity index is 1.46. The molecule has 12 heteroatoms. The molecular weight excluding hydrogens is 595 g/mol. The average molecular weight is 643 g/mol. The molecule has 2 aromatic carbocycles. The molecule has 4 rings (SSSR count). The molecule has 0 aromatic heterocycles. The Kier molecular flexibility index (Phi) is 12.1. The van der Waals surface area contributed by atoms with Gasteiger partial charge in [-0.1, -0.05) is 33.6 Å². The van der Waals surface area contributed by atoms with Crippen LogP contribution in [0.2, 0.25) is 0 Å². The van der Waals surface area contributed by atoms with Crippen molar-refractivity contribution in [3.05, 3.63) is 41.7 Å². The van der Waals surface area contributed by atoms with E-state index in [9.17, 15) is 19.5 Å². The highest BCUT2D eigenvalue weighted by Crippen LogP contribution is 2.38. The first-order valence-electron chi connectivity index (χ1n) is 16.0. The lowest BCUT2D eigenvalue weighted by atomic mass is 9.72. The Hall–Kier alpha value is -4.06. The van der Waals surface area contributed by atoms with E-state index in [-0.39, 0.29) is 25.2 Å². The van der Waals surface area contributed by atoms with Crippen molar-refractivity contribution in [1.82, 2.24) is 0 Å². The summed E-state index contributed by atoms with van der Waals surface area (Å²) in [6, 6.07) is 7.91. The SMILES string of the molecule is COC(=O)Nc1ccc(F)c(CNc2ccc(NC(=O)COC3CCCC(C)C3C(C)C)c(OC)c2)c1N1CCC(C(=O)O)CC1. The van der Waals surface area contributed by atoms with Crippen LogP contribution in [-0.2, 0) is 25.6 Å². The number of hydrogen-bond donors (Lipinski definition) is 4. The van der Waals surface area contributed by atoms with Gasteiger partial charge in [0.2, 0.25) is 5.91 Å². The number of carbonyl (C=O) groups excluding carboxylic acids is 2. The number of halogens is 1. The Morgan fingerprint density at radius 2 is 1.74 bits per heavy atom. The van der Waals surface area contributed by atoms with Crippen LogP contribution in [0.25, 0.3) is 0 Å². The van der Waals surface area contributed by atoms with Crippen LogP contribution >= 0.6 is 0 Å². The molecule has 1 heterocycles. The number of carbonyl (C=O) groups is 3. The number of rotatable bonds is 12. The van der Waals surface area contributed by atoms with E-state index in [1.54, 1.807) is 18.2 Å². The number of methoxy groups -OCH3 is 2. The molecule has 2 aromatic rings. The third-order valence-electron chi connectivity index (χ3n) is 9.19. The summed E-state index contributed by atoms with van der Waals surface area (Å²) in [6.07, 6.45) is 3.37. The van der Waals surface area contributed by atoms with Crippen LogP contribution < -0.4 is 25.6 Å². The zero-order chi connectivity index (χ0) is 33.4. The fourth-order valence-corrected chi connectivity index (χ4v) is 6.89. The number of ether oxygens (including phenoxy) is 3. The Morgan fingerprint density at radius 1 is 1.02 bits per heavy atom. The number of nitrogens with zero attached hydrogens (tertiary/aromatic N) is 1. The molecule has 252 valence electrons. The molecule has 2 amide bonds. The van der Waals surface area contributed by atoms with Crippen LogP contribution in [-0.4, -0.2) is 63.1 Å². The standard InChI is InChI=1S/C34H47FN4O7/c1-20(2)31-21(3)7-6-8-28(31)46-19-30(40)37-26-11-9-23(17-29(26)44-4)36-18-24-25(35)10-12-27(38-34(43)45-5)32(24)39-15-13-22(14-16-39)33(41)42/h9-12,17,20-22,28,31,36H,6-8,13-16,18-19H2,1-5H3,(H,37,40)(H,38,43)(H,41,42). The quantitative estimate of drug-likeness (QED) is 0.209. The molecule has 1 aliphatic heterocycles. The minimum atomic E-state index is -0.853. The second kappa shape index (κ2) is 16.0. The summed E-state index contributed by atoms with van der Waals surface area (Å²) in [7, 11) is 2.74. The molecule has 0 radical (unpaired) electrons. The van der Waals surface area contributed by atoms with Crippen molar-refractivity contribution in [2.45, 2.75) is 65.5 Å². The van der Waals surface area contributed by atoms with Gasteiger partial charge in [0.25, 0.3) is 0 Å². The molecular formula is C34H47FN4O7. The summed E-state index contributed by atoms with van der Waals surface area (Å²) in [5, 5.41) is 18.2. The summed E-state index contributed by atoms with van der Waals surface area (Å²) in [5.74, 6) is -0.217. The lowest BCUT2D eigenvalue weighted by Crippen LogP contribution is -2.38. The number of aliphatic carboxylic acids is 1. The maximum absolute atomic E-state index is 15.4. The van der Waals surface area contributed by atoms with Gasteiger partial charge in [0.15, 0.2) is 0 Å². The van der Waals surface area contributed by atoms with Gasteiger partial charge in [-0.25, -0.2) is 9.18 Å². The number of anilines is 4. The molecule has 0 bridgehead atoms. The van der Waals surface area contributed by atoms with Crippen molar-refractivity contribution in [2.24, 2.45) is 23.7 Å². The first-order chi connectivity index (χ1) is 22.0. The Bertz CT molecular complexity index is 1380. The summed E-state index contributed by atoms with van der Waals surface area (Å²) in [5.41, 5.74) is 2.22. The van der Waals surface area contributed by atoms with E-state index in [0.29, 0.717) is 77.7 Å². The molecule has 2 aliphatic rings. The number of piperidine rings is 1. The number of carboxylic acid groups (broad SMARTS) is 1. The highest BCUT2D eigenvalue weighted by Gasteiger charge is 2.34. The molecule has 1 aliphatic carbocycles. The third kappa shape index (κ3) is 8.60. The minimum absolute atomic E-state index is 0.0501. The van der Waals surface area contributed by atoms with E-state index < -0.39 is 23.8 Å². The van der Waals surface area contributed by atoms with Gasteiger partial charge >= 0.3 is 12.1 Å². The predicted molar refractivity (Wildman–Crippen MR) is 175 cm³/mol. The second-order valence-electron chi connectivity index (χ2n) is 12.5. The van der Waals surface area contributed by atoms with E-state index in [0.717, 1.165) is 12.8 Å². The highest BCUT2D eigenvalue weighted by atomic mass is 19.1. The molecule has 11 nitrogen and oxygen atoms in total. The molecule has 0 spiro atoms. The van der Waals surface area contributed by atoms with Gasteiger partial charge in [0.1, 0.15) is 18.2 Å². The third-order valence-corrected chi connectivity index (χ3v) is 9.19. The molecule has 4 N–H and O–H groups in total. The van der Waals surface area contributed by atoms with Crippen molar-refractivity contribution in [3.63, 3.8) is 0 Å². The predicted octanol–water partition coefficient (Wildman–Crippen LogP) is 6.34. The van der Waals surface area contributed by atoms with Gasteiger partial charge in [-0.05, 0) is 61.3 Å². The lowest BCUT2D eigenvalue weighted by Gasteiger charge is -2.38. The second-order valence-corrected chi connectivity index (χ2v) is 12.5. The summed E-state index contributed by atoms with van der Waals surface area (Å²) < 4.78 is 31.8. The maximum Gasteiger partial charge on any atom is 0.411 e. The summed E-state index contributed by atoms with van der Waals surface area (Å²) in [4.78, 5) is 38.4. The number of amides is 2. The van der Waals surface area contributed by atoms with Crippen LogP contribution in [0.1, 0.15) is 58.4 Å². The molecule has 1 saturated carbocycles. The van der Waals surface area contributed by atoms with Gasteiger partial charge in [0.05, 0.1) is 43.3 Å². The van der Waals surface area contributed by atoms with Gasteiger partial charge in [-0.3, -0.25) is 14.9 Å². The first-order valence-corrected chi connectivity index (χ1v) is 16.0. The molecule has 2 fully saturated rings. The average Bonchev–Trinajstić information content (AvgIpc) is 3.04. The van der Waals surface area contributed by atoms with Gasteiger partial charge in [-0.15, -0.1) is 0 Å². The smallest absolute Gasteiger partial charge is 0.411 e. The summed E-state index contributed by atoms with van der Waals surface area (Å²) in [6.45, 7) is 7.44. The number of hydrogen-bond acceptors (Lipinski definition) is 8. The van der Waals surface area contributed by atoms with E-state index >= 15 is 4.39 Å². The van der Waals surface area contributed by atoms with Crippen molar-refractivity contribution >= 4 is 40.7 Å². The number of benzene rings is 2. The topological polar surface area (TPSA) is 138 Å². The van der Waals surface area contributed by atoms with Crippen LogP contribution in [0.4, 0.5) is 31.9 Å². The van der Waals surface area contributed by atoms with E-state index in [1.165, 1.54) is 32.8 Å². The fourth-order valence-electron chi connectivity index (χ4n) is 6.89. The Labute approximate surface area is 270 Å². The minimum Gasteiger partial charge on any atom is -0.494 e. The van der Waals surface area contributed by atoms with Crippen LogP contribution in [0, 0.1) is 29.5 Å². The highest BCUT2D eigenvalue weighted by molar-refractivity contribution is 5.93. The molecule has 3 atom stereocenters.